The van der Waals surface area contributed by atoms with Crippen LogP contribution in [-0.4, -0.2) is 20.5 Å². The number of hydrogen-bond acceptors (Lipinski definition) is 3. The minimum Gasteiger partial charge on any atom is -0.252 e. The second-order valence-electron chi connectivity index (χ2n) is 4.66. The van der Waals surface area contributed by atoms with E-state index in [1.807, 2.05) is 23.5 Å². The van der Waals surface area contributed by atoms with Gasteiger partial charge in [-0.3, -0.25) is 4.68 Å². The Balaban J connectivity index is 2.20. The lowest BCUT2D eigenvalue weighted by Gasteiger charge is -2.16. The average molecular weight is 213 g/mol. The van der Waals surface area contributed by atoms with Crippen LogP contribution in [0.4, 0.5) is 0 Å². The van der Waals surface area contributed by atoms with Gasteiger partial charge in [0.25, 0.3) is 0 Å². The van der Waals surface area contributed by atoms with Crippen molar-refractivity contribution in [1.29, 1.82) is 0 Å². The summed E-state index contributed by atoms with van der Waals surface area (Å²) in [6, 6.07) is 0. The van der Waals surface area contributed by atoms with E-state index >= 15 is 0 Å². The lowest BCUT2D eigenvalue weighted by atomic mass is 9.94. The van der Waals surface area contributed by atoms with E-state index in [2.05, 4.69) is 30.9 Å². The van der Waals surface area contributed by atoms with Gasteiger partial charge in [-0.05, 0) is 17.6 Å². The first-order valence-electron chi connectivity index (χ1n) is 4.90. The van der Waals surface area contributed by atoms with Crippen LogP contribution in [0.2, 0.25) is 0 Å². The second-order valence-corrected chi connectivity index (χ2v) is 5.77. The highest BCUT2D eigenvalue weighted by Gasteiger charge is 2.09. The molecule has 0 spiro atoms. The van der Waals surface area contributed by atoms with Crippen LogP contribution >= 0.6 is 11.8 Å². The van der Waals surface area contributed by atoms with Gasteiger partial charge in [0, 0.05) is 7.05 Å². The fraction of sp³-hybridized carbons (Fsp3) is 0.800. The Morgan fingerprint density at radius 3 is 2.64 bits per heavy atom. The number of hydrogen-bond donors (Lipinski definition) is 0. The van der Waals surface area contributed by atoms with Crippen LogP contribution in [0.15, 0.2) is 6.33 Å². The Morgan fingerprint density at radius 2 is 2.14 bits per heavy atom. The monoisotopic (exact) mass is 213 g/mol. The van der Waals surface area contributed by atoms with Gasteiger partial charge in [0.15, 0.2) is 0 Å². The van der Waals surface area contributed by atoms with E-state index < -0.39 is 0 Å². The van der Waals surface area contributed by atoms with Crippen molar-refractivity contribution in [2.45, 2.75) is 32.9 Å². The average Bonchev–Trinajstić information content (AvgIpc) is 2.44. The van der Waals surface area contributed by atoms with Gasteiger partial charge in [-0.25, -0.2) is 4.98 Å². The quantitative estimate of drug-likeness (QED) is 0.720. The molecule has 0 saturated heterocycles. The molecule has 0 saturated carbocycles. The van der Waals surface area contributed by atoms with Crippen LogP contribution in [0, 0.1) is 5.41 Å². The lowest BCUT2D eigenvalue weighted by molar-refractivity contribution is 0.401. The predicted molar refractivity (Wildman–Crippen MR) is 61.2 cm³/mol. The highest BCUT2D eigenvalue weighted by Crippen LogP contribution is 2.22. The van der Waals surface area contributed by atoms with Crippen LogP contribution in [0.5, 0.6) is 0 Å². The van der Waals surface area contributed by atoms with E-state index in [0.29, 0.717) is 5.41 Å². The van der Waals surface area contributed by atoms with Crippen molar-refractivity contribution in [1.82, 2.24) is 14.8 Å². The molecule has 14 heavy (non-hydrogen) atoms. The van der Waals surface area contributed by atoms with Crippen LogP contribution < -0.4 is 0 Å². The van der Waals surface area contributed by atoms with E-state index in [0.717, 1.165) is 11.6 Å². The minimum atomic E-state index is 0.437. The molecule has 0 atom stereocenters. The van der Waals surface area contributed by atoms with Crippen molar-refractivity contribution in [3.05, 3.63) is 12.2 Å². The van der Waals surface area contributed by atoms with Crippen molar-refractivity contribution in [3.63, 3.8) is 0 Å². The van der Waals surface area contributed by atoms with E-state index in [1.54, 1.807) is 6.33 Å². The predicted octanol–water partition coefficient (Wildman–Crippen LogP) is 2.48. The summed E-state index contributed by atoms with van der Waals surface area (Å²) in [5, 5.41) is 4.04. The number of nitrogens with zero attached hydrogens (tertiary/aromatic N) is 3. The zero-order chi connectivity index (χ0) is 10.6. The van der Waals surface area contributed by atoms with Crippen LogP contribution in [-0.2, 0) is 12.8 Å². The van der Waals surface area contributed by atoms with Crippen LogP contribution in [0.3, 0.4) is 0 Å². The van der Waals surface area contributed by atoms with Gasteiger partial charge in [0.2, 0.25) is 0 Å². The first-order valence-corrected chi connectivity index (χ1v) is 6.05. The summed E-state index contributed by atoms with van der Waals surface area (Å²) in [6.45, 7) is 6.82. The maximum absolute atomic E-state index is 4.18. The summed E-state index contributed by atoms with van der Waals surface area (Å²) in [5.41, 5.74) is 0.437. The maximum atomic E-state index is 4.18. The standard InChI is InChI=1S/C10H19N3S/c1-10(2,3)5-6-14-7-9-11-8-12-13(9)4/h8H,5-7H2,1-4H3. The summed E-state index contributed by atoms with van der Waals surface area (Å²) in [5.74, 6) is 3.21. The molecule has 0 aromatic carbocycles. The molecule has 0 aliphatic heterocycles. The Bertz CT molecular complexity index is 275. The Hall–Kier alpha value is -0.510. The molecule has 80 valence electrons. The van der Waals surface area contributed by atoms with Crippen molar-refractivity contribution in [2.24, 2.45) is 12.5 Å². The highest BCUT2D eigenvalue weighted by atomic mass is 32.2. The fourth-order valence-corrected chi connectivity index (χ4v) is 2.34. The zero-order valence-electron chi connectivity index (χ0n) is 9.45. The summed E-state index contributed by atoms with van der Waals surface area (Å²) in [6.07, 6.45) is 2.86. The number of rotatable bonds is 4. The second kappa shape index (κ2) is 4.82. The highest BCUT2D eigenvalue weighted by molar-refractivity contribution is 7.98. The van der Waals surface area contributed by atoms with Crippen molar-refractivity contribution < 1.29 is 0 Å². The molecule has 1 aromatic heterocycles. The fourth-order valence-electron chi connectivity index (χ4n) is 0.993. The molecular formula is C10H19N3S. The SMILES string of the molecule is Cn1ncnc1CSCCC(C)(C)C. The van der Waals surface area contributed by atoms with Crippen molar-refractivity contribution in [3.8, 4) is 0 Å². The van der Waals surface area contributed by atoms with Gasteiger partial charge in [0.1, 0.15) is 12.2 Å². The van der Waals surface area contributed by atoms with Crippen LogP contribution in [0.1, 0.15) is 33.0 Å². The molecular weight excluding hydrogens is 194 g/mol. The molecule has 1 heterocycles. The van der Waals surface area contributed by atoms with Gasteiger partial charge in [-0.15, -0.1) is 0 Å². The Morgan fingerprint density at radius 1 is 1.43 bits per heavy atom. The van der Waals surface area contributed by atoms with E-state index in [4.69, 9.17) is 0 Å². The topological polar surface area (TPSA) is 30.7 Å². The Kier molecular flexibility index (Phi) is 3.98. The van der Waals surface area contributed by atoms with Gasteiger partial charge in [-0.2, -0.15) is 16.9 Å². The number of aromatic nitrogens is 3. The summed E-state index contributed by atoms with van der Waals surface area (Å²) in [7, 11) is 1.94. The molecule has 0 unspecified atom stereocenters. The zero-order valence-corrected chi connectivity index (χ0v) is 10.3. The molecule has 0 radical (unpaired) electrons. The molecule has 1 rings (SSSR count). The third-order valence-electron chi connectivity index (χ3n) is 2.03. The van der Waals surface area contributed by atoms with Crippen molar-refractivity contribution >= 4 is 11.8 Å². The summed E-state index contributed by atoms with van der Waals surface area (Å²) >= 11 is 1.93. The molecule has 0 bridgehead atoms. The molecule has 1 aromatic rings. The van der Waals surface area contributed by atoms with Gasteiger partial charge in [0.05, 0.1) is 5.75 Å². The largest absolute Gasteiger partial charge is 0.252 e. The molecule has 0 aliphatic rings. The molecule has 0 amide bonds. The minimum absolute atomic E-state index is 0.437. The normalized spacial score (nSPS) is 12.0. The summed E-state index contributed by atoms with van der Waals surface area (Å²) in [4.78, 5) is 4.18. The van der Waals surface area contributed by atoms with Gasteiger partial charge < -0.3 is 0 Å². The smallest absolute Gasteiger partial charge is 0.138 e. The first kappa shape index (κ1) is 11.6. The molecule has 3 nitrogen and oxygen atoms in total. The van der Waals surface area contributed by atoms with E-state index in [-0.39, 0.29) is 0 Å². The molecule has 4 heteroatoms. The molecule has 0 fully saturated rings. The molecule has 0 N–H and O–H groups in total. The third kappa shape index (κ3) is 4.13. The molecule has 0 aliphatic carbocycles. The van der Waals surface area contributed by atoms with E-state index in [9.17, 15) is 0 Å². The summed E-state index contributed by atoms with van der Waals surface area (Å²) < 4.78 is 1.84. The van der Waals surface area contributed by atoms with Gasteiger partial charge in [-0.1, -0.05) is 20.8 Å². The third-order valence-corrected chi connectivity index (χ3v) is 2.99. The number of thioether (sulfide) groups is 1. The van der Waals surface area contributed by atoms with Gasteiger partial charge >= 0.3 is 0 Å². The first-order chi connectivity index (χ1) is 6.49. The van der Waals surface area contributed by atoms with Crippen LogP contribution in [0.25, 0.3) is 0 Å². The lowest BCUT2D eigenvalue weighted by Crippen LogP contribution is -2.06. The van der Waals surface area contributed by atoms with Crippen molar-refractivity contribution in [2.75, 3.05) is 5.75 Å². The van der Waals surface area contributed by atoms with E-state index in [1.165, 1.54) is 12.2 Å². The number of aryl methyl sites for hydroxylation is 1. The Labute approximate surface area is 90.3 Å². The maximum Gasteiger partial charge on any atom is 0.138 e.